The summed E-state index contributed by atoms with van der Waals surface area (Å²) in [6.45, 7) is 0.894. The van der Waals surface area contributed by atoms with Gasteiger partial charge >= 0.3 is 0 Å². The molecule has 1 saturated heterocycles. The van der Waals surface area contributed by atoms with Gasteiger partial charge in [0.05, 0.1) is 18.1 Å². The Morgan fingerprint density at radius 3 is 2.62 bits per heavy atom. The summed E-state index contributed by atoms with van der Waals surface area (Å²) in [4.78, 5) is 14.2. The van der Waals surface area contributed by atoms with Crippen LogP contribution in [-0.4, -0.2) is 57.0 Å². The lowest BCUT2D eigenvalue weighted by atomic mass is 9.94. The third kappa shape index (κ3) is 4.81. The van der Waals surface area contributed by atoms with Crippen LogP contribution < -0.4 is 0 Å². The summed E-state index contributed by atoms with van der Waals surface area (Å²) in [6.07, 6.45) is 7.80. The Bertz CT molecular complexity index is 490. The second-order valence-electron chi connectivity index (χ2n) is 5.94. The van der Waals surface area contributed by atoms with Gasteiger partial charge in [0.15, 0.2) is 9.84 Å². The Morgan fingerprint density at radius 1 is 1.33 bits per heavy atom. The summed E-state index contributed by atoms with van der Waals surface area (Å²) in [5, 5.41) is 0. The number of sulfone groups is 1. The Labute approximate surface area is 127 Å². The molecule has 2 rings (SSSR count). The van der Waals surface area contributed by atoms with Crippen LogP contribution in [0.1, 0.15) is 38.5 Å². The number of ether oxygens (including phenoxy) is 1. The number of amides is 1. The average Bonchev–Trinajstić information content (AvgIpc) is 2.80. The minimum Gasteiger partial charge on any atom is -0.383 e. The van der Waals surface area contributed by atoms with Gasteiger partial charge in [-0.2, -0.15) is 0 Å². The van der Waals surface area contributed by atoms with E-state index in [1.807, 2.05) is 0 Å². The maximum atomic E-state index is 12.5. The third-order valence-corrected chi connectivity index (χ3v) is 6.04. The van der Waals surface area contributed by atoms with Gasteiger partial charge in [0.2, 0.25) is 5.91 Å². The number of rotatable bonds is 5. The number of allylic oxidation sites excluding steroid dienone is 1. The van der Waals surface area contributed by atoms with Crippen LogP contribution in [0, 0.1) is 0 Å². The Kier molecular flexibility index (Phi) is 5.81. The zero-order valence-electron chi connectivity index (χ0n) is 12.7. The lowest BCUT2D eigenvalue weighted by molar-refractivity contribution is -0.128. The molecule has 0 aromatic heterocycles. The summed E-state index contributed by atoms with van der Waals surface area (Å²) in [5.74, 6) is 0.224. The predicted molar refractivity (Wildman–Crippen MR) is 81.8 cm³/mol. The Hall–Kier alpha value is -0.880. The molecule has 2 fully saturated rings. The van der Waals surface area contributed by atoms with Gasteiger partial charge in [-0.1, -0.05) is 12.0 Å². The van der Waals surface area contributed by atoms with Crippen molar-refractivity contribution in [1.29, 1.82) is 0 Å². The number of nitrogens with zero attached hydrogens (tertiary/aromatic N) is 1. The first-order chi connectivity index (χ1) is 10.0. The van der Waals surface area contributed by atoms with Gasteiger partial charge in [-0.3, -0.25) is 4.79 Å². The Morgan fingerprint density at radius 2 is 2.05 bits per heavy atom. The minimum absolute atomic E-state index is 0.0500. The van der Waals surface area contributed by atoms with Crippen molar-refractivity contribution in [1.82, 2.24) is 4.90 Å². The van der Waals surface area contributed by atoms with Gasteiger partial charge in [0, 0.05) is 25.8 Å². The molecule has 1 amide bonds. The maximum absolute atomic E-state index is 12.5. The van der Waals surface area contributed by atoms with E-state index in [1.54, 1.807) is 18.1 Å². The second kappa shape index (κ2) is 7.40. The zero-order valence-corrected chi connectivity index (χ0v) is 13.5. The molecule has 0 radical (unpaired) electrons. The van der Waals surface area contributed by atoms with Gasteiger partial charge in [-0.05, 0) is 32.1 Å². The highest BCUT2D eigenvalue weighted by molar-refractivity contribution is 7.91. The van der Waals surface area contributed by atoms with Crippen LogP contribution in [0.25, 0.3) is 0 Å². The van der Waals surface area contributed by atoms with E-state index in [-0.39, 0.29) is 23.5 Å². The molecule has 1 saturated carbocycles. The average molecular weight is 315 g/mol. The van der Waals surface area contributed by atoms with Crippen LogP contribution in [0.15, 0.2) is 11.6 Å². The lowest BCUT2D eigenvalue weighted by Gasteiger charge is -2.27. The highest BCUT2D eigenvalue weighted by atomic mass is 32.2. The van der Waals surface area contributed by atoms with E-state index in [0.717, 1.165) is 25.7 Å². The van der Waals surface area contributed by atoms with E-state index in [4.69, 9.17) is 4.74 Å². The molecule has 21 heavy (non-hydrogen) atoms. The zero-order chi connectivity index (χ0) is 15.3. The van der Waals surface area contributed by atoms with E-state index in [1.165, 1.54) is 12.0 Å². The molecule has 2 aliphatic rings. The number of hydrogen-bond donors (Lipinski definition) is 0. The van der Waals surface area contributed by atoms with Crippen molar-refractivity contribution in [3.05, 3.63) is 11.6 Å². The highest BCUT2D eigenvalue weighted by Crippen LogP contribution is 2.24. The van der Waals surface area contributed by atoms with Gasteiger partial charge in [0.1, 0.15) is 0 Å². The van der Waals surface area contributed by atoms with Crippen LogP contribution >= 0.6 is 0 Å². The first kappa shape index (κ1) is 16.5. The van der Waals surface area contributed by atoms with Crippen molar-refractivity contribution < 1.29 is 17.9 Å². The van der Waals surface area contributed by atoms with Crippen LogP contribution in [0.4, 0.5) is 0 Å². The van der Waals surface area contributed by atoms with Crippen molar-refractivity contribution in [2.24, 2.45) is 0 Å². The molecule has 0 unspecified atom stereocenters. The number of carbonyl (C=O) groups is 1. The summed E-state index contributed by atoms with van der Waals surface area (Å²) in [6, 6.07) is -0.196. The van der Waals surface area contributed by atoms with Crippen molar-refractivity contribution in [3.8, 4) is 0 Å². The monoisotopic (exact) mass is 315 g/mol. The smallest absolute Gasteiger partial charge is 0.246 e. The fraction of sp³-hybridized carbons (Fsp3) is 0.800. The molecule has 0 aromatic rings. The Balaban J connectivity index is 2.06. The quantitative estimate of drug-likeness (QED) is 0.722. The summed E-state index contributed by atoms with van der Waals surface area (Å²) < 4.78 is 28.4. The van der Waals surface area contributed by atoms with Crippen molar-refractivity contribution in [2.75, 3.05) is 31.8 Å². The van der Waals surface area contributed by atoms with Gasteiger partial charge in [-0.25, -0.2) is 8.42 Å². The van der Waals surface area contributed by atoms with E-state index < -0.39 is 9.84 Å². The largest absolute Gasteiger partial charge is 0.383 e. The molecule has 5 nitrogen and oxygen atoms in total. The van der Waals surface area contributed by atoms with Crippen molar-refractivity contribution in [2.45, 2.75) is 44.6 Å². The van der Waals surface area contributed by atoms with Gasteiger partial charge in [-0.15, -0.1) is 0 Å². The lowest BCUT2D eigenvalue weighted by Crippen LogP contribution is -2.42. The summed E-state index contributed by atoms with van der Waals surface area (Å²) in [7, 11) is -1.40. The van der Waals surface area contributed by atoms with Gasteiger partial charge in [0.25, 0.3) is 0 Å². The number of hydrogen-bond acceptors (Lipinski definition) is 4. The first-order valence-electron chi connectivity index (χ1n) is 7.71. The molecule has 1 aliphatic carbocycles. The summed E-state index contributed by atoms with van der Waals surface area (Å²) in [5.41, 5.74) is 1.20. The van der Waals surface area contributed by atoms with E-state index >= 15 is 0 Å². The van der Waals surface area contributed by atoms with E-state index in [0.29, 0.717) is 19.6 Å². The van der Waals surface area contributed by atoms with Crippen molar-refractivity contribution >= 4 is 15.7 Å². The number of carbonyl (C=O) groups excluding carboxylic acids is 1. The molecule has 0 N–H and O–H groups in total. The molecule has 0 bridgehead atoms. The van der Waals surface area contributed by atoms with Crippen LogP contribution in [0.3, 0.4) is 0 Å². The molecule has 0 aromatic carbocycles. The van der Waals surface area contributed by atoms with E-state index in [2.05, 4.69) is 0 Å². The third-order valence-electron chi connectivity index (χ3n) is 4.29. The second-order valence-corrected chi connectivity index (χ2v) is 8.17. The molecule has 0 spiro atoms. The fourth-order valence-electron chi connectivity index (χ4n) is 3.09. The molecule has 6 heteroatoms. The van der Waals surface area contributed by atoms with Gasteiger partial charge < -0.3 is 9.64 Å². The van der Waals surface area contributed by atoms with Crippen molar-refractivity contribution in [3.63, 3.8) is 0 Å². The van der Waals surface area contributed by atoms with Crippen LogP contribution in [-0.2, 0) is 19.4 Å². The normalized spacial score (nSPS) is 24.8. The SMILES string of the molecule is COCCN(C(=O)C=C1CCCCC1)[C@@H]1CCS(=O)(=O)C1. The summed E-state index contributed by atoms with van der Waals surface area (Å²) >= 11 is 0. The van der Waals surface area contributed by atoms with Crippen LogP contribution in [0.5, 0.6) is 0 Å². The molecule has 1 heterocycles. The number of methoxy groups -OCH3 is 1. The predicted octanol–water partition coefficient (Wildman–Crippen LogP) is 1.54. The molecule has 1 atom stereocenters. The fourth-order valence-corrected chi connectivity index (χ4v) is 4.82. The molecular formula is C15H25NO4S. The highest BCUT2D eigenvalue weighted by Gasteiger charge is 2.34. The first-order valence-corrected chi connectivity index (χ1v) is 9.53. The standard InChI is InChI=1S/C15H25NO4S/c1-20-9-8-16(14-7-10-21(18,19)12-14)15(17)11-13-5-3-2-4-6-13/h11,14H,2-10,12H2,1H3/t14-/m1/s1. The van der Waals surface area contributed by atoms with E-state index in [9.17, 15) is 13.2 Å². The topological polar surface area (TPSA) is 63.7 Å². The molecular weight excluding hydrogens is 290 g/mol. The van der Waals surface area contributed by atoms with Crippen LogP contribution in [0.2, 0.25) is 0 Å². The molecule has 1 aliphatic heterocycles. The minimum atomic E-state index is -2.99. The maximum Gasteiger partial charge on any atom is 0.246 e. The molecule has 120 valence electrons.